The van der Waals surface area contributed by atoms with E-state index in [0.29, 0.717) is 29.1 Å². The molecule has 1 aliphatic rings. The van der Waals surface area contributed by atoms with Gasteiger partial charge < -0.3 is 31.5 Å². The Hall–Kier alpha value is -1.99. The number of hydrogen-bond donors (Lipinski definition) is 5. The minimum absolute atomic E-state index is 0.216. The van der Waals surface area contributed by atoms with Gasteiger partial charge in [0.05, 0.1) is 12.6 Å². The minimum Gasteiger partial charge on any atom is -0.480 e. The molecule has 0 bridgehead atoms. The summed E-state index contributed by atoms with van der Waals surface area (Å²) in [4.78, 5) is 23.0. The molecule has 3 heterocycles. The van der Waals surface area contributed by atoms with Gasteiger partial charge in [0.2, 0.25) is 0 Å². The van der Waals surface area contributed by atoms with Crippen LogP contribution in [0.1, 0.15) is 12.6 Å². The van der Waals surface area contributed by atoms with Gasteiger partial charge in [-0.25, -0.2) is 15.0 Å². The number of nitrogens with two attached hydrogens (primary N) is 2. The first-order chi connectivity index (χ1) is 12.8. The van der Waals surface area contributed by atoms with Gasteiger partial charge in [0.15, 0.2) is 17.7 Å². The van der Waals surface area contributed by atoms with Crippen molar-refractivity contribution in [2.45, 2.75) is 37.0 Å². The highest BCUT2D eigenvalue weighted by atomic mass is 32.2. The number of carbonyl (C=O) groups is 1. The zero-order chi connectivity index (χ0) is 19.7. The van der Waals surface area contributed by atoms with Crippen LogP contribution < -0.4 is 11.5 Å². The van der Waals surface area contributed by atoms with E-state index in [1.165, 1.54) is 17.2 Å². The molecule has 27 heavy (non-hydrogen) atoms. The molecular formula is C15H23N6O5S+. The number of hydrogen-bond acceptors (Lipinski definition) is 9. The van der Waals surface area contributed by atoms with Crippen LogP contribution in [0.3, 0.4) is 0 Å². The maximum Gasteiger partial charge on any atom is 0.320 e. The lowest BCUT2D eigenvalue weighted by Crippen LogP contribution is -2.37. The zero-order valence-corrected chi connectivity index (χ0v) is 15.5. The van der Waals surface area contributed by atoms with Gasteiger partial charge in [-0.1, -0.05) is 0 Å². The number of aliphatic hydroxyl groups is 2. The van der Waals surface area contributed by atoms with E-state index in [4.69, 9.17) is 21.3 Å². The smallest absolute Gasteiger partial charge is 0.320 e. The number of imidazole rings is 1. The monoisotopic (exact) mass is 399 g/mol. The number of carboxylic acid groups (broad SMARTS) is 1. The molecule has 1 saturated heterocycles. The average Bonchev–Trinajstić information content (AvgIpc) is 3.17. The van der Waals surface area contributed by atoms with Crippen LogP contribution in [-0.4, -0.2) is 82.9 Å². The molecule has 148 valence electrons. The molecule has 0 amide bonds. The summed E-state index contributed by atoms with van der Waals surface area (Å²) in [5.41, 5.74) is 12.1. The number of nitrogen functional groups attached to an aromatic ring is 1. The van der Waals surface area contributed by atoms with Gasteiger partial charge in [-0.2, -0.15) is 0 Å². The van der Waals surface area contributed by atoms with Gasteiger partial charge >= 0.3 is 5.97 Å². The molecule has 1 unspecified atom stereocenters. The van der Waals surface area contributed by atoms with Gasteiger partial charge in [0.1, 0.15) is 47.7 Å². The van der Waals surface area contributed by atoms with E-state index in [0.717, 1.165) is 0 Å². The van der Waals surface area contributed by atoms with Crippen molar-refractivity contribution in [3.05, 3.63) is 12.7 Å². The topological polar surface area (TPSA) is 183 Å². The van der Waals surface area contributed by atoms with Crippen LogP contribution in [0.4, 0.5) is 5.82 Å². The molecule has 1 aliphatic heterocycles. The largest absolute Gasteiger partial charge is 0.480 e. The predicted molar refractivity (Wildman–Crippen MR) is 98.9 cm³/mol. The van der Waals surface area contributed by atoms with E-state index < -0.39 is 36.6 Å². The second-order valence-electron chi connectivity index (χ2n) is 6.51. The molecule has 2 aromatic heterocycles. The van der Waals surface area contributed by atoms with Crippen molar-refractivity contribution < 1.29 is 24.9 Å². The second-order valence-corrected chi connectivity index (χ2v) is 8.82. The Labute approximate surface area is 157 Å². The van der Waals surface area contributed by atoms with Crippen molar-refractivity contribution in [3.63, 3.8) is 0 Å². The van der Waals surface area contributed by atoms with Gasteiger partial charge in [0, 0.05) is 6.42 Å². The van der Waals surface area contributed by atoms with Crippen molar-refractivity contribution in [2.75, 3.05) is 23.5 Å². The standard InChI is InChI=1S/C15H22N6O5S/c1-27(3-2-7(16)15(24)25)4-8-10(22)11(23)14(26-8)21-6-20-9-12(17)18-5-19-13(9)21/h5-8,10-11,14,22-23H,2-4,16H2,1H3,(H2-,17,18,19,24,25)/p+1/t7-,8-,10+,11-,14-,27?/m0/s1. The summed E-state index contributed by atoms with van der Waals surface area (Å²) >= 11 is 0. The van der Waals surface area contributed by atoms with E-state index in [-0.39, 0.29) is 16.7 Å². The van der Waals surface area contributed by atoms with Crippen LogP contribution in [0.5, 0.6) is 0 Å². The predicted octanol–water partition coefficient (Wildman–Crippen LogP) is -1.92. The molecule has 12 heteroatoms. The Morgan fingerprint density at radius 3 is 2.81 bits per heavy atom. The van der Waals surface area contributed by atoms with Crippen LogP contribution in [0.2, 0.25) is 0 Å². The Kier molecular flexibility index (Phi) is 5.81. The number of ether oxygens (including phenoxy) is 1. The quantitative estimate of drug-likeness (QED) is 0.329. The summed E-state index contributed by atoms with van der Waals surface area (Å²) in [6, 6.07) is -0.907. The molecular weight excluding hydrogens is 376 g/mol. The van der Waals surface area contributed by atoms with E-state index in [9.17, 15) is 15.0 Å². The van der Waals surface area contributed by atoms with Crippen LogP contribution in [0.15, 0.2) is 12.7 Å². The van der Waals surface area contributed by atoms with E-state index in [1.54, 1.807) is 0 Å². The molecule has 3 rings (SSSR count). The Morgan fingerprint density at radius 2 is 2.11 bits per heavy atom. The van der Waals surface area contributed by atoms with E-state index >= 15 is 0 Å². The number of aromatic nitrogens is 4. The summed E-state index contributed by atoms with van der Waals surface area (Å²) < 4.78 is 7.41. The lowest BCUT2D eigenvalue weighted by atomic mass is 10.1. The maximum atomic E-state index is 10.8. The molecule has 1 fully saturated rings. The van der Waals surface area contributed by atoms with Gasteiger partial charge in [0.25, 0.3) is 0 Å². The highest BCUT2D eigenvalue weighted by Gasteiger charge is 2.46. The minimum atomic E-state index is -1.16. The number of nitrogens with zero attached hydrogens (tertiary/aromatic N) is 4. The fraction of sp³-hybridized carbons (Fsp3) is 0.600. The lowest BCUT2D eigenvalue weighted by Gasteiger charge is -2.16. The SMILES string of the molecule is C[S+](CC[C@H](N)C(=O)O)C[C@@H]1O[C@H](n2cnc3c(N)ncnc32)[C@@H](O)[C@@H]1O. The molecule has 0 aliphatic carbocycles. The third-order valence-corrected chi connectivity index (χ3v) is 6.37. The number of aliphatic hydroxyl groups excluding tert-OH is 2. The molecule has 2 aromatic rings. The van der Waals surface area contributed by atoms with E-state index in [1.807, 2.05) is 6.26 Å². The van der Waals surface area contributed by atoms with Crippen molar-refractivity contribution in [1.29, 1.82) is 0 Å². The van der Waals surface area contributed by atoms with Crippen molar-refractivity contribution >= 4 is 33.8 Å². The average molecular weight is 399 g/mol. The summed E-state index contributed by atoms with van der Waals surface area (Å²) in [5.74, 6) is 0.254. The number of aliphatic carboxylic acids is 1. The molecule has 6 atom stereocenters. The number of carboxylic acids is 1. The first-order valence-corrected chi connectivity index (χ1v) is 10.3. The second kappa shape index (κ2) is 7.94. The molecule has 0 aromatic carbocycles. The third-order valence-electron chi connectivity index (χ3n) is 4.54. The molecule has 0 saturated carbocycles. The Bertz CT molecular complexity index is 819. The molecule has 11 nitrogen and oxygen atoms in total. The summed E-state index contributed by atoms with van der Waals surface area (Å²) in [6.07, 6.45) is 1.31. The van der Waals surface area contributed by atoms with Crippen molar-refractivity contribution in [3.8, 4) is 0 Å². The third kappa shape index (κ3) is 3.99. The maximum absolute atomic E-state index is 10.8. The first-order valence-electron chi connectivity index (χ1n) is 8.31. The molecule has 7 N–H and O–H groups in total. The van der Waals surface area contributed by atoms with Crippen molar-refractivity contribution in [2.24, 2.45) is 5.73 Å². The molecule has 0 spiro atoms. The van der Waals surface area contributed by atoms with Gasteiger partial charge in [-0.05, 0) is 10.9 Å². The van der Waals surface area contributed by atoms with Crippen molar-refractivity contribution in [1.82, 2.24) is 19.5 Å². The zero-order valence-electron chi connectivity index (χ0n) is 14.7. The Morgan fingerprint density at radius 1 is 1.37 bits per heavy atom. The van der Waals surface area contributed by atoms with Gasteiger partial charge in [-0.3, -0.25) is 9.36 Å². The van der Waals surface area contributed by atoms with Crippen LogP contribution in [0, 0.1) is 0 Å². The van der Waals surface area contributed by atoms with E-state index in [2.05, 4.69) is 15.0 Å². The fourth-order valence-corrected chi connectivity index (χ4v) is 4.63. The summed E-state index contributed by atoms with van der Waals surface area (Å²) in [7, 11) is -0.235. The van der Waals surface area contributed by atoms with Gasteiger partial charge in [-0.15, -0.1) is 0 Å². The highest BCUT2D eigenvalue weighted by Crippen LogP contribution is 2.32. The number of fused-ring (bicyclic) bond motifs is 1. The summed E-state index contributed by atoms with van der Waals surface area (Å²) in [5, 5.41) is 29.7. The first kappa shape index (κ1) is 19.8. The van der Waals surface area contributed by atoms with Crippen LogP contribution in [-0.2, 0) is 20.4 Å². The number of anilines is 1. The normalized spacial score (nSPS) is 27.7. The summed E-state index contributed by atoms with van der Waals surface area (Å²) in [6.45, 7) is 0. The Balaban J connectivity index is 1.68. The number of rotatable bonds is 7. The van der Waals surface area contributed by atoms with Crippen LogP contribution in [0.25, 0.3) is 11.2 Å². The molecule has 0 radical (unpaired) electrons. The fourth-order valence-electron chi connectivity index (χ4n) is 2.97. The van der Waals surface area contributed by atoms with Crippen LogP contribution >= 0.6 is 0 Å². The lowest BCUT2D eigenvalue weighted by molar-refractivity contribution is -0.138. The highest BCUT2D eigenvalue weighted by molar-refractivity contribution is 7.96.